The minimum Gasteiger partial charge on any atom is -0.493 e. The molecule has 11 heteroatoms. The van der Waals surface area contributed by atoms with Crippen LogP contribution in [-0.2, 0) is 16.1 Å². The number of methoxy groups -OCH3 is 3. The van der Waals surface area contributed by atoms with Gasteiger partial charge in [0.1, 0.15) is 23.4 Å². The van der Waals surface area contributed by atoms with Gasteiger partial charge in [-0.25, -0.2) is 9.07 Å². The highest BCUT2D eigenvalue weighted by Gasteiger charge is 2.37. The number of ether oxygens (including phenoxy) is 3. The van der Waals surface area contributed by atoms with Crippen molar-refractivity contribution in [3.8, 4) is 17.2 Å². The molecule has 2 atom stereocenters. The fraction of sp³-hybridized carbons (Fsp3) is 0.394. The second kappa shape index (κ2) is 13.7. The third-order valence-corrected chi connectivity index (χ3v) is 8.17. The Labute approximate surface area is 256 Å². The number of nitrogens with zero attached hydrogens (tertiary/aromatic N) is 4. The van der Waals surface area contributed by atoms with Crippen molar-refractivity contribution in [2.75, 3.05) is 21.3 Å². The highest BCUT2D eigenvalue weighted by molar-refractivity contribution is 5.91. The maximum atomic E-state index is 14.6. The molecule has 1 aliphatic carbocycles. The summed E-state index contributed by atoms with van der Waals surface area (Å²) in [6.45, 7) is 1.75. The molecule has 1 aliphatic rings. The van der Waals surface area contributed by atoms with E-state index in [1.54, 1.807) is 35.9 Å². The molecule has 1 saturated carbocycles. The Kier molecular flexibility index (Phi) is 9.62. The molecule has 44 heavy (non-hydrogen) atoms. The first-order chi connectivity index (χ1) is 21.3. The third-order valence-electron chi connectivity index (χ3n) is 8.17. The number of carbonyl (C=O) groups excluding carboxylic acids is 2. The molecular weight excluding hydrogens is 565 g/mol. The van der Waals surface area contributed by atoms with Gasteiger partial charge in [-0.15, -0.1) is 5.10 Å². The van der Waals surface area contributed by atoms with E-state index in [1.165, 1.54) is 38.4 Å². The summed E-state index contributed by atoms with van der Waals surface area (Å²) in [6.07, 6.45) is 4.89. The van der Waals surface area contributed by atoms with Crippen LogP contribution in [0.4, 0.5) is 4.39 Å². The van der Waals surface area contributed by atoms with Crippen LogP contribution < -0.4 is 19.5 Å². The number of hydrogen-bond acceptors (Lipinski definition) is 7. The lowest BCUT2D eigenvalue weighted by molar-refractivity contribution is -0.144. The molecule has 232 valence electrons. The van der Waals surface area contributed by atoms with Crippen molar-refractivity contribution in [3.63, 3.8) is 0 Å². The summed E-state index contributed by atoms with van der Waals surface area (Å²) < 4.78 is 32.2. The summed E-state index contributed by atoms with van der Waals surface area (Å²) in [5.74, 6) is -0.0437. The first-order valence-electron chi connectivity index (χ1n) is 14.8. The van der Waals surface area contributed by atoms with Crippen LogP contribution in [0.15, 0.2) is 60.7 Å². The van der Waals surface area contributed by atoms with E-state index in [-0.39, 0.29) is 24.4 Å². The van der Waals surface area contributed by atoms with Crippen LogP contribution in [0, 0.1) is 5.82 Å². The second-order valence-corrected chi connectivity index (χ2v) is 11.0. The fourth-order valence-corrected chi connectivity index (χ4v) is 5.86. The molecule has 0 spiro atoms. The fourth-order valence-electron chi connectivity index (χ4n) is 5.86. The summed E-state index contributed by atoms with van der Waals surface area (Å²) in [4.78, 5) is 30.5. The number of halogens is 1. The molecule has 4 aromatic rings. The zero-order valence-electron chi connectivity index (χ0n) is 25.5. The third kappa shape index (κ3) is 6.46. The molecule has 0 radical (unpaired) electrons. The lowest BCUT2D eigenvalue weighted by Gasteiger charge is -2.35. The van der Waals surface area contributed by atoms with E-state index in [0.717, 1.165) is 32.1 Å². The summed E-state index contributed by atoms with van der Waals surface area (Å²) in [7, 11) is 4.50. The van der Waals surface area contributed by atoms with Crippen molar-refractivity contribution in [1.29, 1.82) is 0 Å². The van der Waals surface area contributed by atoms with Gasteiger partial charge in [-0.3, -0.25) is 9.59 Å². The summed E-state index contributed by atoms with van der Waals surface area (Å²) in [5, 5.41) is 11.7. The minimum atomic E-state index is -1.10. The topological polar surface area (TPSA) is 108 Å². The van der Waals surface area contributed by atoms with E-state index < -0.39 is 17.9 Å². The molecule has 3 aromatic carbocycles. The van der Waals surface area contributed by atoms with E-state index in [1.807, 2.05) is 24.3 Å². The van der Waals surface area contributed by atoms with E-state index >= 15 is 0 Å². The lowest BCUT2D eigenvalue weighted by atomic mass is 9.94. The number of carbonyl (C=O) groups is 2. The lowest BCUT2D eigenvalue weighted by Crippen LogP contribution is -2.48. The van der Waals surface area contributed by atoms with Gasteiger partial charge in [-0.1, -0.05) is 48.7 Å². The number of amides is 2. The van der Waals surface area contributed by atoms with Gasteiger partial charge in [-0.05, 0) is 67.3 Å². The van der Waals surface area contributed by atoms with Crippen molar-refractivity contribution in [3.05, 3.63) is 77.6 Å². The molecular formula is C33H38FN5O5. The first-order valence-corrected chi connectivity index (χ1v) is 14.8. The Morgan fingerprint density at radius 3 is 2.27 bits per heavy atom. The Morgan fingerprint density at radius 2 is 1.64 bits per heavy atom. The standard InChI is InChI=1S/C33H38FN5O5/c1-21(39-27-13-9-8-12-26(27)36-37-39)33(41)38(20-22-14-16-24(34)17-15-22)30(32(40)35-25-10-6-5-7-11-25)23-18-28(42-2)31(44-4)29(19-23)43-3/h8-9,12-19,21,25,30H,5-7,10-11,20H2,1-4H3,(H,35,40)/t21-,30-/m1/s1. The van der Waals surface area contributed by atoms with E-state index in [0.29, 0.717) is 39.4 Å². The highest BCUT2D eigenvalue weighted by Crippen LogP contribution is 2.41. The van der Waals surface area contributed by atoms with Crippen molar-refractivity contribution in [2.24, 2.45) is 0 Å². The van der Waals surface area contributed by atoms with Crippen LogP contribution in [0.1, 0.15) is 62.2 Å². The van der Waals surface area contributed by atoms with Gasteiger partial charge < -0.3 is 24.4 Å². The first kappa shape index (κ1) is 30.8. The molecule has 1 N–H and O–H groups in total. The molecule has 5 rings (SSSR count). The van der Waals surface area contributed by atoms with Crippen LogP contribution in [-0.4, -0.2) is 59.1 Å². The normalized spacial score (nSPS) is 14.9. The predicted octanol–water partition coefficient (Wildman–Crippen LogP) is 5.38. The molecule has 1 aromatic heterocycles. The van der Waals surface area contributed by atoms with Crippen molar-refractivity contribution >= 4 is 22.8 Å². The van der Waals surface area contributed by atoms with Crippen molar-refractivity contribution in [1.82, 2.24) is 25.2 Å². The second-order valence-electron chi connectivity index (χ2n) is 11.0. The predicted molar refractivity (Wildman–Crippen MR) is 163 cm³/mol. The molecule has 1 heterocycles. The van der Waals surface area contributed by atoms with Gasteiger partial charge in [0.2, 0.25) is 17.6 Å². The van der Waals surface area contributed by atoms with Crippen LogP contribution in [0.3, 0.4) is 0 Å². The number of rotatable bonds is 11. The highest BCUT2D eigenvalue weighted by atomic mass is 19.1. The Hall–Kier alpha value is -4.67. The van der Waals surface area contributed by atoms with Crippen LogP contribution in [0.2, 0.25) is 0 Å². The molecule has 0 saturated heterocycles. The summed E-state index contributed by atoms with van der Waals surface area (Å²) >= 11 is 0. The Bertz CT molecular complexity index is 1580. The molecule has 0 bridgehead atoms. The van der Waals surface area contributed by atoms with Gasteiger partial charge >= 0.3 is 0 Å². The maximum Gasteiger partial charge on any atom is 0.248 e. The summed E-state index contributed by atoms with van der Waals surface area (Å²) in [6, 6.07) is 14.7. The zero-order chi connectivity index (χ0) is 31.2. The zero-order valence-corrected chi connectivity index (χ0v) is 25.5. The quantitative estimate of drug-likeness (QED) is 0.245. The molecule has 10 nitrogen and oxygen atoms in total. The smallest absolute Gasteiger partial charge is 0.248 e. The average Bonchev–Trinajstić information content (AvgIpc) is 3.49. The molecule has 0 aliphatic heterocycles. The summed E-state index contributed by atoms with van der Waals surface area (Å²) in [5.41, 5.74) is 2.46. The number of hydrogen-bond donors (Lipinski definition) is 1. The maximum absolute atomic E-state index is 14.6. The van der Waals surface area contributed by atoms with Gasteiger partial charge in [0, 0.05) is 12.6 Å². The van der Waals surface area contributed by atoms with E-state index in [9.17, 15) is 14.0 Å². The number of benzene rings is 3. The molecule has 0 unspecified atom stereocenters. The van der Waals surface area contributed by atoms with Gasteiger partial charge in [-0.2, -0.15) is 0 Å². The number of aromatic nitrogens is 3. The van der Waals surface area contributed by atoms with E-state index in [4.69, 9.17) is 14.2 Å². The van der Waals surface area contributed by atoms with Gasteiger partial charge in [0.05, 0.1) is 26.8 Å². The van der Waals surface area contributed by atoms with Crippen molar-refractivity contribution < 1.29 is 28.2 Å². The van der Waals surface area contributed by atoms with Gasteiger partial charge in [0.15, 0.2) is 11.5 Å². The largest absolute Gasteiger partial charge is 0.493 e. The average molecular weight is 604 g/mol. The van der Waals surface area contributed by atoms with Gasteiger partial charge in [0.25, 0.3) is 0 Å². The molecule has 1 fully saturated rings. The molecule has 2 amide bonds. The van der Waals surface area contributed by atoms with Crippen LogP contribution in [0.5, 0.6) is 17.2 Å². The van der Waals surface area contributed by atoms with E-state index in [2.05, 4.69) is 15.6 Å². The SMILES string of the molecule is COc1cc([C@H](C(=O)NC2CCCCC2)N(Cc2ccc(F)cc2)C(=O)[C@@H](C)n2nnc3ccccc32)cc(OC)c1OC. The van der Waals surface area contributed by atoms with Crippen LogP contribution in [0.25, 0.3) is 11.0 Å². The number of para-hydroxylation sites is 1. The number of nitrogens with one attached hydrogen (secondary N) is 1. The Morgan fingerprint density at radius 1 is 0.977 bits per heavy atom. The van der Waals surface area contributed by atoms with Crippen LogP contribution >= 0.6 is 0 Å². The monoisotopic (exact) mass is 603 g/mol. The minimum absolute atomic E-state index is 0.0137. The number of fused-ring (bicyclic) bond motifs is 1. The van der Waals surface area contributed by atoms with Crippen molar-refractivity contribution in [2.45, 2.75) is 63.7 Å². The Balaban J connectivity index is 1.64.